The molecule has 1 aliphatic rings. The molecule has 1 aromatic carbocycles. The van der Waals surface area contributed by atoms with Gasteiger partial charge in [0.2, 0.25) is 16.8 Å². The molecular weight excluding hydrogens is 459 g/mol. The smallest absolute Gasteiger partial charge is 0.231 e. The van der Waals surface area contributed by atoms with Crippen molar-refractivity contribution in [3.63, 3.8) is 0 Å². The average molecular weight is 484 g/mol. The molecule has 0 fully saturated rings. The van der Waals surface area contributed by atoms with Gasteiger partial charge in [0, 0.05) is 19.6 Å². The van der Waals surface area contributed by atoms with Crippen LogP contribution in [0.1, 0.15) is 19.4 Å². The first-order valence-corrected chi connectivity index (χ1v) is 9.57. The second-order valence-electron chi connectivity index (χ2n) is 5.11. The molecule has 0 unspecified atom stereocenters. The minimum Gasteiger partial charge on any atom is -0.454 e. The van der Waals surface area contributed by atoms with Gasteiger partial charge in [-0.1, -0.05) is 6.07 Å². The molecule has 0 aliphatic carbocycles. The highest BCUT2D eigenvalue weighted by Gasteiger charge is 2.13. The number of fused-ring (bicyclic) bond motifs is 1. The molecule has 0 radical (unpaired) electrons. The molecule has 0 spiro atoms. The maximum Gasteiger partial charge on any atom is 0.231 e. The summed E-state index contributed by atoms with van der Waals surface area (Å²) in [6.45, 7) is 5.78. The van der Waals surface area contributed by atoms with Gasteiger partial charge in [-0.25, -0.2) is 18.1 Å². The fraction of sp³-hybridized carbons (Fsp3) is 0.533. The zero-order valence-electron chi connectivity index (χ0n) is 14.4. The van der Waals surface area contributed by atoms with Gasteiger partial charge in [-0.15, -0.1) is 24.0 Å². The third-order valence-electron chi connectivity index (χ3n) is 3.32. The van der Waals surface area contributed by atoms with Crippen LogP contribution in [-0.2, 0) is 16.6 Å². The second kappa shape index (κ2) is 10.7. The predicted octanol–water partition coefficient (Wildman–Crippen LogP) is 1.03. The summed E-state index contributed by atoms with van der Waals surface area (Å²) in [5.41, 5.74) is 1.00. The van der Waals surface area contributed by atoms with E-state index in [1.807, 2.05) is 25.1 Å². The van der Waals surface area contributed by atoms with Crippen molar-refractivity contribution in [2.45, 2.75) is 20.4 Å². The zero-order valence-corrected chi connectivity index (χ0v) is 17.5. The van der Waals surface area contributed by atoms with E-state index >= 15 is 0 Å². The summed E-state index contributed by atoms with van der Waals surface area (Å²) in [7, 11) is -3.17. The molecule has 8 nitrogen and oxygen atoms in total. The number of halogens is 1. The van der Waals surface area contributed by atoms with Gasteiger partial charge >= 0.3 is 0 Å². The van der Waals surface area contributed by atoms with Gasteiger partial charge in [0.15, 0.2) is 17.5 Å². The molecule has 1 aliphatic heterocycles. The number of hydrogen-bond donors (Lipinski definition) is 3. The van der Waals surface area contributed by atoms with E-state index < -0.39 is 10.0 Å². The number of rotatable bonds is 8. The fourth-order valence-corrected chi connectivity index (χ4v) is 2.66. The second-order valence-corrected chi connectivity index (χ2v) is 7.20. The Morgan fingerprint density at radius 3 is 2.64 bits per heavy atom. The van der Waals surface area contributed by atoms with Crippen molar-refractivity contribution in [2.75, 3.05) is 32.2 Å². The van der Waals surface area contributed by atoms with E-state index in [-0.39, 0.29) is 36.5 Å². The standard InChI is InChI=1S/C15H24N4O4S.HI/c1-3-16-15(17-7-8-19-24(20,21)4-2)18-10-12-5-6-13-14(9-12)23-11-22-13;/h5-6,9,19H,3-4,7-8,10-11H2,1-2H3,(H2,16,17,18);1H. The first-order chi connectivity index (χ1) is 11.5. The van der Waals surface area contributed by atoms with Gasteiger partial charge < -0.3 is 20.1 Å². The van der Waals surface area contributed by atoms with E-state index in [0.29, 0.717) is 32.1 Å². The molecule has 0 saturated carbocycles. The largest absolute Gasteiger partial charge is 0.454 e. The first-order valence-electron chi connectivity index (χ1n) is 7.92. The fourth-order valence-electron chi connectivity index (χ4n) is 2.04. The van der Waals surface area contributed by atoms with Crippen molar-refractivity contribution >= 4 is 40.0 Å². The molecule has 3 N–H and O–H groups in total. The third kappa shape index (κ3) is 7.24. The number of nitrogens with zero attached hydrogens (tertiary/aromatic N) is 1. The summed E-state index contributed by atoms with van der Waals surface area (Å²) in [6, 6.07) is 5.72. The predicted molar refractivity (Wildman–Crippen MR) is 108 cm³/mol. The summed E-state index contributed by atoms with van der Waals surface area (Å²) in [4.78, 5) is 4.48. The molecule has 0 atom stereocenters. The summed E-state index contributed by atoms with van der Waals surface area (Å²) in [6.07, 6.45) is 0. The molecule has 0 aromatic heterocycles. The highest BCUT2D eigenvalue weighted by atomic mass is 127. The molecule has 1 aromatic rings. The van der Waals surface area contributed by atoms with Gasteiger partial charge in [0.1, 0.15) is 0 Å². The van der Waals surface area contributed by atoms with Crippen molar-refractivity contribution in [3.05, 3.63) is 23.8 Å². The lowest BCUT2D eigenvalue weighted by Crippen LogP contribution is -2.41. The first kappa shape index (κ1) is 21.8. The van der Waals surface area contributed by atoms with Crippen molar-refractivity contribution < 1.29 is 17.9 Å². The van der Waals surface area contributed by atoms with Gasteiger partial charge in [0.25, 0.3) is 0 Å². The summed E-state index contributed by atoms with van der Waals surface area (Å²) >= 11 is 0. The topological polar surface area (TPSA) is 101 Å². The summed E-state index contributed by atoms with van der Waals surface area (Å²) in [5, 5.41) is 6.22. The van der Waals surface area contributed by atoms with E-state index in [1.54, 1.807) is 6.92 Å². The molecule has 10 heteroatoms. The van der Waals surface area contributed by atoms with Crippen molar-refractivity contribution in [1.82, 2.24) is 15.4 Å². The monoisotopic (exact) mass is 484 g/mol. The average Bonchev–Trinajstić information content (AvgIpc) is 3.04. The van der Waals surface area contributed by atoms with E-state index in [4.69, 9.17) is 9.47 Å². The Balaban J connectivity index is 0.00000312. The number of benzene rings is 1. The van der Waals surface area contributed by atoms with Crippen LogP contribution >= 0.6 is 24.0 Å². The minimum atomic E-state index is -3.17. The quantitative estimate of drug-likeness (QED) is 0.221. The van der Waals surface area contributed by atoms with Crippen LogP contribution < -0.4 is 24.8 Å². The molecule has 0 amide bonds. The van der Waals surface area contributed by atoms with Gasteiger partial charge in [-0.05, 0) is 31.5 Å². The Kier molecular flexibility index (Phi) is 9.28. The Labute approximate surface area is 165 Å². The minimum absolute atomic E-state index is 0. The van der Waals surface area contributed by atoms with Crippen LogP contribution in [0.25, 0.3) is 0 Å². The summed E-state index contributed by atoms with van der Waals surface area (Å²) in [5.74, 6) is 2.18. The maximum absolute atomic E-state index is 11.4. The molecule has 2 rings (SSSR count). The molecule has 0 bridgehead atoms. The number of guanidine groups is 1. The van der Waals surface area contributed by atoms with Crippen LogP contribution in [0.3, 0.4) is 0 Å². The number of aliphatic imine (C=N–C) groups is 1. The normalized spacial score (nSPS) is 13.3. The SMILES string of the molecule is CCNC(=NCc1ccc2c(c1)OCO2)NCCNS(=O)(=O)CC.I. The third-order valence-corrected chi connectivity index (χ3v) is 4.72. The number of ether oxygens (including phenoxy) is 2. The number of sulfonamides is 1. The summed E-state index contributed by atoms with van der Waals surface area (Å²) < 4.78 is 35.9. The number of hydrogen-bond acceptors (Lipinski definition) is 5. The van der Waals surface area contributed by atoms with Crippen LogP contribution in [0.15, 0.2) is 23.2 Å². The Morgan fingerprint density at radius 1 is 1.16 bits per heavy atom. The van der Waals surface area contributed by atoms with E-state index in [0.717, 1.165) is 17.1 Å². The molecule has 142 valence electrons. The van der Waals surface area contributed by atoms with E-state index in [9.17, 15) is 8.42 Å². The molecule has 25 heavy (non-hydrogen) atoms. The molecular formula is C15H25IN4O4S. The highest BCUT2D eigenvalue weighted by molar-refractivity contribution is 14.0. The van der Waals surface area contributed by atoms with Crippen LogP contribution in [-0.4, -0.2) is 46.6 Å². The lowest BCUT2D eigenvalue weighted by atomic mass is 10.2. The van der Waals surface area contributed by atoms with Crippen molar-refractivity contribution in [1.29, 1.82) is 0 Å². The Bertz CT molecular complexity index is 682. The van der Waals surface area contributed by atoms with E-state index in [2.05, 4.69) is 20.3 Å². The lowest BCUT2D eigenvalue weighted by Gasteiger charge is -2.12. The Hall–Kier alpha value is -1.27. The van der Waals surface area contributed by atoms with Crippen molar-refractivity contribution in [2.24, 2.45) is 4.99 Å². The van der Waals surface area contributed by atoms with Crippen LogP contribution in [0, 0.1) is 0 Å². The zero-order chi connectivity index (χ0) is 17.4. The van der Waals surface area contributed by atoms with Crippen LogP contribution in [0.2, 0.25) is 0 Å². The van der Waals surface area contributed by atoms with Gasteiger partial charge in [0.05, 0.1) is 12.3 Å². The van der Waals surface area contributed by atoms with Crippen LogP contribution in [0.5, 0.6) is 11.5 Å². The highest BCUT2D eigenvalue weighted by Crippen LogP contribution is 2.32. The van der Waals surface area contributed by atoms with Crippen LogP contribution in [0.4, 0.5) is 0 Å². The van der Waals surface area contributed by atoms with Crippen molar-refractivity contribution in [3.8, 4) is 11.5 Å². The van der Waals surface area contributed by atoms with E-state index in [1.165, 1.54) is 0 Å². The number of nitrogens with one attached hydrogen (secondary N) is 3. The van der Waals surface area contributed by atoms with Gasteiger partial charge in [-0.3, -0.25) is 0 Å². The molecule has 0 saturated heterocycles. The Morgan fingerprint density at radius 2 is 1.92 bits per heavy atom. The lowest BCUT2D eigenvalue weighted by molar-refractivity contribution is 0.174. The molecule has 1 heterocycles. The van der Waals surface area contributed by atoms with Gasteiger partial charge in [-0.2, -0.15) is 0 Å². The maximum atomic E-state index is 11.4.